The highest BCUT2D eigenvalue weighted by atomic mass is 32.1. The Labute approximate surface area is 117 Å². The molecule has 0 spiro atoms. The van der Waals surface area contributed by atoms with Crippen LogP contribution in [0.4, 0.5) is 4.39 Å². The van der Waals surface area contributed by atoms with Crippen molar-refractivity contribution >= 4 is 11.3 Å². The second kappa shape index (κ2) is 6.28. The molecule has 0 radical (unpaired) electrons. The van der Waals surface area contributed by atoms with E-state index in [1.807, 2.05) is 25.2 Å². The summed E-state index contributed by atoms with van der Waals surface area (Å²) in [6.45, 7) is 3.07. The minimum Gasteiger partial charge on any atom is -0.329 e. The van der Waals surface area contributed by atoms with Crippen LogP contribution in [-0.2, 0) is 6.54 Å². The lowest BCUT2D eigenvalue weighted by Crippen LogP contribution is -2.30. The highest BCUT2D eigenvalue weighted by Crippen LogP contribution is 2.23. The van der Waals surface area contributed by atoms with Crippen LogP contribution >= 0.6 is 11.3 Å². The van der Waals surface area contributed by atoms with E-state index in [0.29, 0.717) is 12.1 Å². The molecule has 2 N–H and O–H groups in total. The Morgan fingerprint density at radius 2 is 2.16 bits per heavy atom. The van der Waals surface area contributed by atoms with E-state index in [1.54, 1.807) is 24.3 Å². The fourth-order valence-electron chi connectivity index (χ4n) is 2.15. The Kier molecular flexibility index (Phi) is 4.69. The van der Waals surface area contributed by atoms with Gasteiger partial charge < -0.3 is 5.73 Å². The molecular weight excluding hydrogens is 259 g/mol. The number of nitrogens with two attached hydrogens (primary N) is 1. The fraction of sp³-hybridized carbons (Fsp3) is 0.333. The zero-order valence-corrected chi connectivity index (χ0v) is 12.1. The highest BCUT2D eigenvalue weighted by molar-refractivity contribution is 7.09. The molecule has 0 amide bonds. The lowest BCUT2D eigenvalue weighted by Gasteiger charge is -2.27. The van der Waals surface area contributed by atoms with Crippen molar-refractivity contribution in [2.45, 2.75) is 19.5 Å². The van der Waals surface area contributed by atoms with Crippen LogP contribution in [-0.4, -0.2) is 18.5 Å². The van der Waals surface area contributed by atoms with Crippen molar-refractivity contribution < 1.29 is 4.39 Å². The maximum absolute atomic E-state index is 13.7. The molecule has 0 bridgehead atoms. The summed E-state index contributed by atoms with van der Waals surface area (Å²) in [7, 11) is 2.02. The number of hydrogen-bond donors (Lipinski definition) is 1. The molecule has 0 aliphatic carbocycles. The van der Waals surface area contributed by atoms with Crippen LogP contribution in [0.2, 0.25) is 0 Å². The predicted molar refractivity (Wildman–Crippen MR) is 78.7 cm³/mol. The van der Waals surface area contributed by atoms with E-state index in [1.165, 1.54) is 4.88 Å². The highest BCUT2D eigenvalue weighted by Gasteiger charge is 2.17. The molecule has 1 aromatic heterocycles. The Morgan fingerprint density at radius 3 is 2.74 bits per heavy atom. The van der Waals surface area contributed by atoms with E-state index >= 15 is 0 Å². The van der Waals surface area contributed by atoms with E-state index < -0.39 is 0 Å². The normalized spacial score (nSPS) is 12.9. The zero-order valence-electron chi connectivity index (χ0n) is 11.3. The van der Waals surface area contributed by atoms with Gasteiger partial charge in [-0.2, -0.15) is 0 Å². The lowest BCUT2D eigenvalue weighted by atomic mass is 10.0. The summed E-state index contributed by atoms with van der Waals surface area (Å²) in [6.07, 6.45) is 0. The topological polar surface area (TPSA) is 29.3 Å². The number of benzene rings is 1. The monoisotopic (exact) mass is 278 g/mol. The quantitative estimate of drug-likeness (QED) is 0.909. The third-order valence-electron chi connectivity index (χ3n) is 3.32. The first-order valence-electron chi connectivity index (χ1n) is 6.30. The van der Waals surface area contributed by atoms with Gasteiger partial charge in [-0.25, -0.2) is 4.39 Å². The number of halogens is 1. The standard InChI is InChI=1S/C15H19FN2S/c1-11-5-6-12(8-14(11)16)15(9-17)18(2)10-13-4-3-7-19-13/h3-8,15H,9-10,17H2,1-2H3. The van der Waals surface area contributed by atoms with Crippen LogP contribution in [0.15, 0.2) is 35.7 Å². The molecule has 0 saturated carbocycles. The Balaban J connectivity index is 2.16. The lowest BCUT2D eigenvalue weighted by molar-refractivity contribution is 0.243. The smallest absolute Gasteiger partial charge is 0.126 e. The second-order valence-electron chi connectivity index (χ2n) is 4.75. The first kappa shape index (κ1) is 14.2. The Morgan fingerprint density at radius 1 is 1.37 bits per heavy atom. The number of nitrogens with zero attached hydrogens (tertiary/aromatic N) is 1. The van der Waals surface area contributed by atoms with Crippen molar-refractivity contribution in [3.05, 3.63) is 57.5 Å². The number of aryl methyl sites for hydroxylation is 1. The van der Waals surface area contributed by atoms with Gasteiger partial charge in [0, 0.05) is 24.0 Å². The summed E-state index contributed by atoms with van der Waals surface area (Å²) in [6, 6.07) is 9.55. The molecule has 1 heterocycles. The molecule has 1 unspecified atom stereocenters. The van der Waals surface area contributed by atoms with Crippen molar-refractivity contribution in [1.29, 1.82) is 0 Å². The molecular formula is C15H19FN2S. The third-order valence-corrected chi connectivity index (χ3v) is 4.18. The molecule has 0 aliphatic rings. The van der Waals surface area contributed by atoms with E-state index in [4.69, 9.17) is 5.73 Å². The summed E-state index contributed by atoms with van der Waals surface area (Å²) in [4.78, 5) is 3.45. The van der Waals surface area contributed by atoms with Crippen molar-refractivity contribution in [3.63, 3.8) is 0 Å². The van der Waals surface area contributed by atoms with Gasteiger partial charge in [0.1, 0.15) is 5.82 Å². The number of thiophene rings is 1. The summed E-state index contributed by atoms with van der Waals surface area (Å²) < 4.78 is 13.7. The van der Waals surface area contributed by atoms with E-state index in [-0.39, 0.29) is 11.9 Å². The van der Waals surface area contributed by atoms with Gasteiger partial charge in [0.15, 0.2) is 0 Å². The second-order valence-corrected chi connectivity index (χ2v) is 5.79. The molecule has 0 aliphatic heterocycles. The van der Waals surface area contributed by atoms with Crippen LogP contribution in [0.3, 0.4) is 0 Å². The average molecular weight is 278 g/mol. The summed E-state index contributed by atoms with van der Waals surface area (Å²) in [5.41, 5.74) is 7.46. The van der Waals surface area contributed by atoms with E-state index in [9.17, 15) is 4.39 Å². The number of rotatable bonds is 5. The molecule has 0 fully saturated rings. The average Bonchev–Trinajstić information content (AvgIpc) is 2.87. The van der Waals surface area contributed by atoms with Crippen LogP contribution in [0.5, 0.6) is 0 Å². The molecule has 102 valence electrons. The first-order chi connectivity index (χ1) is 9.11. The van der Waals surface area contributed by atoms with E-state index in [0.717, 1.165) is 12.1 Å². The maximum Gasteiger partial charge on any atom is 0.126 e. The van der Waals surface area contributed by atoms with E-state index in [2.05, 4.69) is 16.3 Å². The van der Waals surface area contributed by atoms with Crippen LogP contribution in [0.1, 0.15) is 22.0 Å². The van der Waals surface area contributed by atoms with Gasteiger partial charge in [-0.05, 0) is 42.6 Å². The fourth-order valence-corrected chi connectivity index (χ4v) is 2.91. The molecule has 2 nitrogen and oxygen atoms in total. The SMILES string of the molecule is Cc1ccc(C(CN)N(C)Cc2cccs2)cc1F. The first-order valence-corrected chi connectivity index (χ1v) is 7.18. The molecule has 19 heavy (non-hydrogen) atoms. The van der Waals surface area contributed by atoms with Crippen LogP contribution in [0.25, 0.3) is 0 Å². The molecule has 2 rings (SSSR count). The van der Waals surface area contributed by atoms with Gasteiger partial charge in [-0.15, -0.1) is 11.3 Å². The minimum absolute atomic E-state index is 0.0391. The number of hydrogen-bond acceptors (Lipinski definition) is 3. The van der Waals surface area contributed by atoms with Crippen molar-refractivity contribution in [2.75, 3.05) is 13.6 Å². The van der Waals surface area contributed by atoms with Gasteiger partial charge >= 0.3 is 0 Å². The van der Waals surface area contributed by atoms with Gasteiger partial charge in [0.2, 0.25) is 0 Å². The number of likely N-dealkylation sites (N-methyl/N-ethyl adjacent to an activating group) is 1. The van der Waals surface area contributed by atoms with Crippen molar-refractivity contribution in [3.8, 4) is 0 Å². The molecule has 1 aromatic carbocycles. The molecule has 1 atom stereocenters. The maximum atomic E-state index is 13.7. The van der Waals surface area contributed by atoms with Gasteiger partial charge in [-0.1, -0.05) is 18.2 Å². The van der Waals surface area contributed by atoms with Gasteiger partial charge in [-0.3, -0.25) is 4.90 Å². The predicted octanol–water partition coefficient (Wildman–Crippen LogP) is 3.33. The summed E-state index contributed by atoms with van der Waals surface area (Å²) >= 11 is 1.72. The van der Waals surface area contributed by atoms with Crippen LogP contribution in [0, 0.1) is 12.7 Å². The largest absolute Gasteiger partial charge is 0.329 e. The summed E-state index contributed by atoms with van der Waals surface area (Å²) in [5.74, 6) is -0.166. The molecule has 4 heteroatoms. The minimum atomic E-state index is -0.166. The zero-order chi connectivity index (χ0) is 13.8. The van der Waals surface area contributed by atoms with Gasteiger partial charge in [0.05, 0.1) is 0 Å². The molecule has 2 aromatic rings. The Bertz CT molecular complexity index is 525. The summed E-state index contributed by atoms with van der Waals surface area (Å²) in [5, 5.41) is 2.06. The molecule has 0 saturated heterocycles. The van der Waals surface area contributed by atoms with Crippen molar-refractivity contribution in [2.24, 2.45) is 5.73 Å². The van der Waals surface area contributed by atoms with Crippen molar-refractivity contribution in [1.82, 2.24) is 4.90 Å². The third kappa shape index (κ3) is 3.41. The van der Waals surface area contributed by atoms with Crippen LogP contribution < -0.4 is 5.73 Å². The van der Waals surface area contributed by atoms with Gasteiger partial charge in [0.25, 0.3) is 0 Å². The Hall–Kier alpha value is -1.23.